The van der Waals surface area contributed by atoms with Gasteiger partial charge in [-0.1, -0.05) is 18.6 Å². The molecule has 4 rings (SSSR count). The van der Waals surface area contributed by atoms with Crippen molar-refractivity contribution in [2.75, 3.05) is 39.3 Å². The summed E-state index contributed by atoms with van der Waals surface area (Å²) in [5, 5.41) is 2.95. The van der Waals surface area contributed by atoms with Crippen LogP contribution in [0.25, 0.3) is 0 Å². The summed E-state index contributed by atoms with van der Waals surface area (Å²) < 4.78 is 13.1. The minimum Gasteiger partial charge on any atom is -0.336 e. The maximum atomic E-state index is 13.2. The Labute approximate surface area is 184 Å². The monoisotopic (exact) mass is 430 g/mol. The normalized spacial score (nSPS) is 22.2. The minimum absolute atomic E-state index is 0.0982. The highest BCUT2D eigenvalue weighted by Gasteiger charge is 2.36. The first-order valence-electron chi connectivity index (χ1n) is 11.9. The first-order valence-corrected chi connectivity index (χ1v) is 11.9. The molecule has 1 atom stereocenters. The lowest BCUT2D eigenvalue weighted by Gasteiger charge is -2.42. The van der Waals surface area contributed by atoms with Gasteiger partial charge in [0.1, 0.15) is 5.82 Å². The second kappa shape index (κ2) is 10.4. The predicted octanol–water partition coefficient (Wildman–Crippen LogP) is 3.22. The summed E-state index contributed by atoms with van der Waals surface area (Å²) in [7, 11) is 0. The van der Waals surface area contributed by atoms with Gasteiger partial charge >= 0.3 is 6.03 Å². The number of likely N-dealkylation sites (tertiary alicyclic amines) is 2. The highest BCUT2D eigenvalue weighted by molar-refractivity contribution is 5.80. The number of hydrogen-bond donors (Lipinski definition) is 1. The van der Waals surface area contributed by atoms with Crippen LogP contribution in [0.5, 0.6) is 0 Å². The van der Waals surface area contributed by atoms with E-state index in [2.05, 4.69) is 15.1 Å². The van der Waals surface area contributed by atoms with Crippen molar-refractivity contribution in [2.24, 2.45) is 5.92 Å². The molecule has 2 saturated heterocycles. The molecule has 1 aliphatic carbocycles. The van der Waals surface area contributed by atoms with Gasteiger partial charge < -0.3 is 20.0 Å². The summed E-state index contributed by atoms with van der Waals surface area (Å²) in [6.45, 7) is 5.65. The third kappa shape index (κ3) is 5.76. The van der Waals surface area contributed by atoms with E-state index in [0.29, 0.717) is 25.5 Å². The number of amides is 3. The number of carbonyl (C=O) groups excluding carboxylic acids is 2. The molecule has 2 heterocycles. The Morgan fingerprint density at radius 2 is 1.74 bits per heavy atom. The molecule has 0 spiro atoms. The molecule has 2 aliphatic heterocycles. The second-order valence-corrected chi connectivity index (χ2v) is 9.24. The van der Waals surface area contributed by atoms with Gasteiger partial charge in [-0.15, -0.1) is 0 Å². The topological polar surface area (TPSA) is 55.9 Å². The van der Waals surface area contributed by atoms with Gasteiger partial charge in [0.2, 0.25) is 5.91 Å². The molecule has 6 nitrogen and oxygen atoms in total. The van der Waals surface area contributed by atoms with Crippen LogP contribution in [0, 0.1) is 11.7 Å². The van der Waals surface area contributed by atoms with E-state index in [0.717, 1.165) is 63.8 Å². The van der Waals surface area contributed by atoms with Crippen molar-refractivity contribution in [1.29, 1.82) is 0 Å². The second-order valence-electron chi connectivity index (χ2n) is 9.24. The SMILES string of the molecule is O=C(NCc1ccc(F)cc1)N1CCCC(N(CCN2CCCC2)C(=O)C2CCC2)C1. The van der Waals surface area contributed by atoms with E-state index in [4.69, 9.17) is 0 Å². The molecule has 1 aromatic rings. The fourth-order valence-electron chi connectivity index (χ4n) is 4.90. The van der Waals surface area contributed by atoms with Crippen molar-refractivity contribution in [1.82, 2.24) is 20.0 Å². The van der Waals surface area contributed by atoms with Gasteiger partial charge in [0.25, 0.3) is 0 Å². The van der Waals surface area contributed by atoms with E-state index in [1.807, 2.05) is 4.90 Å². The fourth-order valence-corrected chi connectivity index (χ4v) is 4.90. The molecule has 3 amide bonds. The van der Waals surface area contributed by atoms with E-state index in [9.17, 15) is 14.0 Å². The molecule has 31 heavy (non-hydrogen) atoms. The molecule has 1 N–H and O–H groups in total. The number of rotatable bonds is 7. The molecule has 0 aromatic heterocycles. The zero-order valence-corrected chi connectivity index (χ0v) is 18.4. The van der Waals surface area contributed by atoms with E-state index in [1.165, 1.54) is 25.0 Å². The van der Waals surface area contributed by atoms with Gasteiger partial charge in [-0.25, -0.2) is 9.18 Å². The van der Waals surface area contributed by atoms with Crippen molar-refractivity contribution in [3.05, 3.63) is 35.6 Å². The Kier molecular flexibility index (Phi) is 7.43. The molecule has 3 aliphatic rings. The van der Waals surface area contributed by atoms with Gasteiger partial charge in [0, 0.05) is 44.7 Å². The lowest BCUT2D eigenvalue weighted by molar-refractivity contribution is -0.141. The first kappa shape index (κ1) is 22.1. The number of piperidine rings is 1. The van der Waals surface area contributed by atoms with E-state index in [1.54, 1.807) is 12.1 Å². The van der Waals surface area contributed by atoms with E-state index < -0.39 is 0 Å². The van der Waals surface area contributed by atoms with Crippen molar-refractivity contribution >= 4 is 11.9 Å². The molecule has 3 fully saturated rings. The fraction of sp³-hybridized carbons (Fsp3) is 0.667. The Hall–Kier alpha value is -2.15. The molecule has 1 saturated carbocycles. The number of nitrogens with one attached hydrogen (secondary N) is 1. The smallest absolute Gasteiger partial charge is 0.317 e. The summed E-state index contributed by atoms with van der Waals surface area (Å²) in [6, 6.07) is 6.18. The standard InChI is InChI=1S/C24H35FN4O2/c25-21-10-8-19(9-11-21)17-26-24(31)28-14-4-7-22(18-28)29(23(30)20-5-3-6-20)16-15-27-12-1-2-13-27/h8-11,20,22H,1-7,12-18H2,(H,26,31). The molecular weight excluding hydrogens is 395 g/mol. The van der Waals surface area contributed by atoms with Crippen LogP contribution in [-0.4, -0.2) is 71.9 Å². The van der Waals surface area contributed by atoms with E-state index in [-0.39, 0.29) is 23.8 Å². The minimum atomic E-state index is -0.279. The van der Waals surface area contributed by atoms with E-state index >= 15 is 0 Å². The number of nitrogens with zero attached hydrogens (tertiary/aromatic N) is 3. The van der Waals surface area contributed by atoms with Crippen LogP contribution >= 0.6 is 0 Å². The maximum Gasteiger partial charge on any atom is 0.317 e. The average Bonchev–Trinajstić information content (AvgIpc) is 3.26. The largest absolute Gasteiger partial charge is 0.336 e. The lowest BCUT2D eigenvalue weighted by atomic mass is 9.83. The number of benzene rings is 1. The maximum absolute atomic E-state index is 13.2. The highest BCUT2D eigenvalue weighted by atomic mass is 19.1. The van der Waals surface area contributed by atoms with Gasteiger partial charge in [-0.3, -0.25) is 4.79 Å². The third-order valence-corrected chi connectivity index (χ3v) is 7.07. The molecular formula is C24H35FN4O2. The van der Waals surface area contributed by atoms with Crippen LogP contribution in [-0.2, 0) is 11.3 Å². The van der Waals surface area contributed by atoms with Crippen LogP contribution in [0.15, 0.2) is 24.3 Å². The zero-order valence-electron chi connectivity index (χ0n) is 18.4. The number of halogens is 1. The number of urea groups is 1. The Morgan fingerprint density at radius 1 is 1.00 bits per heavy atom. The summed E-state index contributed by atoms with van der Waals surface area (Å²) in [4.78, 5) is 32.4. The molecule has 1 unspecified atom stereocenters. The number of carbonyl (C=O) groups is 2. The molecule has 0 bridgehead atoms. The Bertz CT molecular complexity index is 746. The van der Waals surface area contributed by atoms with Gasteiger partial charge in [0.05, 0.1) is 0 Å². The van der Waals surface area contributed by atoms with Gasteiger partial charge in [-0.05, 0) is 69.3 Å². The molecule has 170 valence electrons. The van der Waals surface area contributed by atoms with Crippen molar-refractivity contribution in [3.63, 3.8) is 0 Å². The van der Waals surface area contributed by atoms with Gasteiger partial charge in [0.15, 0.2) is 0 Å². The quantitative estimate of drug-likeness (QED) is 0.723. The van der Waals surface area contributed by atoms with Crippen LogP contribution < -0.4 is 5.32 Å². The molecule has 0 radical (unpaired) electrons. The van der Waals surface area contributed by atoms with Crippen molar-refractivity contribution < 1.29 is 14.0 Å². The molecule has 1 aromatic carbocycles. The van der Waals surface area contributed by atoms with Crippen molar-refractivity contribution in [2.45, 2.75) is 57.5 Å². The third-order valence-electron chi connectivity index (χ3n) is 7.07. The average molecular weight is 431 g/mol. The van der Waals surface area contributed by atoms with Crippen LogP contribution in [0.1, 0.15) is 50.5 Å². The van der Waals surface area contributed by atoms with Gasteiger partial charge in [-0.2, -0.15) is 0 Å². The highest BCUT2D eigenvalue weighted by Crippen LogP contribution is 2.30. The zero-order chi connectivity index (χ0) is 21.6. The van der Waals surface area contributed by atoms with Crippen LogP contribution in [0.4, 0.5) is 9.18 Å². The summed E-state index contributed by atoms with van der Waals surface area (Å²) in [5.74, 6) is 0.198. The summed E-state index contributed by atoms with van der Waals surface area (Å²) >= 11 is 0. The first-order chi connectivity index (χ1) is 15.1. The Morgan fingerprint density at radius 3 is 2.42 bits per heavy atom. The van der Waals surface area contributed by atoms with Crippen LogP contribution in [0.2, 0.25) is 0 Å². The summed E-state index contributed by atoms with van der Waals surface area (Å²) in [6.07, 6.45) is 7.54. The van der Waals surface area contributed by atoms with Crippen molar-refractivity contribution in [3.8, 4) is 0 Å². The Balaban J connectivity index is 1.34. The van der Waals surface area contributed by atoms with Crippen LogP contribution in [0.3, 0.4) is 0 Å². The lowest BCUT2D eigenvalue weighted by Crippen LogP contribution is -2.56. The predicted molar refractivity (Wildman–Crippen MR) is 118 cm³/mol. The summed E-state index contributed by atoms with van der Waals surface area (Å²) in [5.41, 5.74) is 0.871. The number of hydrogen-bond acceptors (Lipinski definition) is 3. The molecule has 7 heteroatoms.